The Labute approximate surface area is 79.1 Å². The molecule has 1 amide bonds. The maximum Gasteiger partial charge on any atom is 0.290 e. The van der Waals surface area contributed by atoms with Crippen LogP contribution in [0.5, 0.6) is 0 Å². The van der Waals surface area contributed by atoms with Crippen molar-refractivity contribution in [1.82, 2.24) is 4.90 Å². The maximum atomic E-state index is 11.7. The van der Waals surface area contributed by atoms with E-state index in [0.717, 1.165) is 0 Å². The average molecular weight is 183 g/mol. The molecule has 1 heterocycles. The SMILES string of the molecule is CN1CC(C)(C(C)(C)C)C(=O)C1=O. The van der Waals surface area contributed by atoms with E-state index in [1.165, 1.54) is 4.90 Å². The molecule has 0 aromatic heterocycles. The molecule has 1 saturated heterocycles. The summed E-state index contributed by atoms with van der Waals surface area (Å²) in [5.41, 5.74) is -0.691. The van der Waals surface area contributed by atoms with Crippen LogP contribution in [0.3, 0.4) is 0 Å². The van der Waals surface area contributed by atoms with Crippen molar-refractivity contribution in [3.63, 3.8) is 0 Å². The van der Waals surface area contributed by atoms with Gasteiger partial charge in [-0.1, -0.05) is 20.8 Å². The molecule has 0 bridgehead atoms. The second kappa shape index (κ2) is 2.56. The van der Waals surface area contributed by atoms with Crippen LogP contribution < -0.4 is 0 Å². The smallest absolute Gasteiger partial charge is 0.290 e. The highest BCUT2D eigenvalue weighted by Crippen LogP contribution is 2.43. The standard InChI is InChI=1S/C10H17NO2/c1-9(2,3)10(4)6-11(5)8(13)7(10)12/h6H2,1-5H3. The van der Waals surface area contributed by atoms with E-state index >= 15 is 0 Å². The lowest BCUT2D eigenvalue weighted by Gasteiger charge is -2.35. The number of nitrogens with zero attached hydrogens (tertiary/aromatic N) is 1. The molecule has 0 N–H and O–H groups in total. The van der Waals surface area contributed by atoms with E-state index in [9.17, 15) is 9.59 Å². The molecule has 0 radical (unpaired) electrons. The Morgan fingerprint density at radius 2 is 1.77 bits per heavy atom. The molecule has 1 aliphatic heterocycles. The van der Waals surface area contributed by atoms with Crippen molar-refractivity contribution in [3.8, 4) is 0 Å². The van der Waals surface area contributed by atoms with Crippen LogP contribution in [-0.4, -0.2) is 30.2 Å². The van der Waals surface area contributed by atoms with Gasteiger partial charge in [0.05, 0.1) is 5.41 Å². The number of hydrogen-bond donors (Lipinski definition) is 0. The topological polar surface area (TPSA) is 37.4 Å². The van der Waals surface area contributed by atoms with Crippen molar-refractivity contribution >= 4 is 11.7 Å². The van der Waals surface area contributed by atoms with Crippen LogP contribution in [0.4, 0.5) is 0 Å². The molecular formula is C10H17NO2. The fourth-order valence-corrected chi connectivity index (χ4v) is 1.61. The van der Waals surface area contributed by atoms with Gasteiger partial charge in [-0.2, -0.15) is 0 Å². The molecule has 1 unspecified atom stereocenters. The highest BCUT2D eigenvalue weighted by atomic mass is 16.2. The van der Waals surface area contributed by atoms with Gasteiger partial charge in [0, 0.05) is 13.6 Å². The quantitative estimate of drug-likeness (QED) is 0.527. The van der Waals surface area contributed by atoms with E-state index in [4.69, 9.17) is 0 Å². The number of hydrogen-bond acceptors (Lipinski definition) is 2. The summed E-state index contributed by atoms with van der Waals surface area (Å²) in [6.07, 6.45) is 0. The molecule has 1 fully saturated rings. The normalized spacial score (nSPS) is 30.1. The van der Waals surface area contributed by atoms with Crippen molar-refractivity contribution in [1.29, 1.82) is 0 Å². The number of likely N-dealkylation sites (N-methyl/N-ethyl adjacent to an activating group) is 1. The minimum absolute atomic E-state index is 0.162. The Kier molecular flexibility index (Phi) is 2.02. The molecule has 74 valence electrons. The van der Waals surface area contributed by atoms with Crippen LogP contribution >= 0.6 is 0 Å². The lowest BCUT2D eigenvalue weighted by Crippen LogP contribution is -2.40. The number of ketones is 1. The van der Waals surface area contributed by atoms with Crippen molar-refractivity contribution in [2.24, 2.45) is 10.8 Å². The molecule has 0 aromatic carbocycles. The van der Waals surface area contributed by atoms with Gasteiger partial charge < -0.3 is 4.90 Å². The van der Waals surface area contributed by atoms with Crippen molar-refractivity contribution in [2.45, 2.75) is 27.7 Å². The van der Waals surface area contributed by atoms with Gasteiger partial charge in [0.2, 0.25) is 5.78 Å². The van der Waals surface area contributed by atoms with Gasteiger partial charge in [-0.25, -0.2) is 0 Å². The minimum atomic E-state index is -0.529. The molecule has 3 nitrogen and oxygen atoms in total. The maximum absolute atomic E-state index is 11.7. The van der Waals surface area contributed by atoms with E-state index in [2.05, 4.69) is 0 Å². The number of amides is 1. The number of rotatable bonds is 0. The van der Waals surface area contributed by atoms with Crippen LogP contribution in [0.15, 0.2) is 0 Å². The molecule has 0 aliphatic carbocycles. The molecule has 0 spiro atoms. The molecule has 0 aromatic rings. The van der Waals surface area contributed by atoms with E-state index in [1.54, 1.807) is 7.05 Å². The first kappa shape index (κ1) is 10.2. The Morgan fingerprint density at radius 1 is 1.31 bits per heavy atom. The number of carbonyl (C=O) groups excluding carboxylic acids is 2. The van der Waals surface area contributed by atoms with Crippen LogP contribution in [-0.2, 0) is 9.59 Å². The summed E-state index contributed by atoms with van der Waals surface area (Å²) >= 11 is 0. The molecular weight excluding hydrogens is 166 g/mol. The van der Waals surface area contributed by atoms with Crippen LogP contribution in [0.25, 0.3) is 0 Å². The Bertz CT molecular complexity index is 265. The zero-order valence-electron chi connectivity index (χ0n) is 8.97. The fraction of sp³-hybridized carbons (Fsp3) is 0.800. The average Bonchev–Trinajstić information content (AvgIpc) is 2.15. The van der Waals surface area contributed by atoms with Crippen LogP contribution in [0, 0.1) is 10.8 Å². The number of likely N-dealkylation sites (tertiary alicyclic amines) is 1. The van der Waals surface area contributed by atoms with Gasteiger partial charge in [0.15, 0.2) is 0 Å². The Morgan fingerprint density at radius 3 is 1.92 bits per heavy atom. The molecule has 1 aliphatic rings. The monoisotopic (exact) mass is 183 g/mol. The van der Waals surface area contributed by atoms with E-state index in [1.807, 2.05) is 27.7 Å². The van der Waals surface area contributed by atoms with Gasteiger partial charge in [-0.05, 0) is 12.3 Å². The predicted octanol–water partition coefficient (Wildman–Crippen LogP) is 1.08. The summed E-state index contributed by atoms with van der Waals surface area (Å²) in [6.45, 7) is 8.40. The number of carbonyl (C=O) groups is 2. The van der Waals surface area contributed by atoms with Crippen LogP contribution in [0.2, 0.25) is 0 Å². The second-order valence-electron chi connectivity index (χ2n) is 5.07. The third-order valence-electron chi connectivity index (χ3n) is 3.25. The number of Topliss-reactive ketones (excluding diaryl/α,β-unsaturated/α-hetero) is 1. The first-order valence-electron chi connectivity index (χ1n) is 4.50. The largest absolute Gasteiger partial charge is 0.338 e. The van der Waals surface area contributed by atoms with E-state index < -0.39 is 5.41 Å². The van der Waals surface area contributed by atoms with Gasteiger partial charge in [-0.3, -0.25) is 9.59 Å². The third kappa shape index (κ3) is 1.26. The fourth-order valence-electron chi connectivity index (χ4n) is 1.61. The van der Waals surface area contributed by atoms with Crippen molar-refractivity contribution < 1.29 is 9.59 Å². The first-order valence-corrected chi connectivity index (χ1v) is 4.50. The molecule has 13 heavy (non-hydrogen) atoms. The van der Waals surface area contributed by atoms with E-state index in [-0.39, 0.29) is 17.1 Å². The zero-order chi connectivity index (χ0) is 10.4. The van der Waals surface area contributed by atoms with Gasteiger partial charge >= 0.3 is 0 Å². The van der Waals surface area contributed by atoms with E-state index in [0.29, 0.717) is 6.54 Å². The van der Waals surface area contributed by atoms with Crippen molar-refractivity contribution in [2.75, 3.05) is 13.6 Å². The lowest BCUT2D eigenvalue weighted by atomic mass is 9.67. The molecule has 1 atom stereocenters. The van der Waals surface area contributed by atoms with Crippen LogP contribution in [0.1, 0.15) is 27.7 Å². The molecule has 1 rings (SSSR count). The third-order valence-corrected chi connectivity index (χ3v) is 3.25. The summed E-state index contributed by atoms with van der Waals surface area (Å²) < 4.78 is 0. The Hall–Kier alpha value is -0.860. The summed E-state index contributed by atoms with van der Waals surface area (Å²) in [5, 5.41) is 0. The van der Waals surface area contributed by atoms with Gasteiger partial charge in [-0.15, -0.1) is 0 Å². The second-order valence-corrected chi connectivity index (χ2v) is 5.07. The highest BCUT2D eigenvalue weighted by molar-refractivity contribution is 6.40. The first-order chi connectivity index (χ1) is 5.70. The summed E-state index contributed by atoms with van der Waals surface area (Å²) in [5.74, 6) is -0.597. The summed E-state index contributed by atoms with van der Waals surface area (Å²) in [7, 11) is 1.68. The highest BCUT2D eigenvalue weighted by Gasteiger charge is 2.53. The summed E-state index contributed by atoms with van der Waals surface area (Å²) in [4.78, 5) is 24.5. The molecule has 0 saturated carbocycles. The molecule has 3 heteroatoms. The summed E-state index contributed by atoms with van der Waals surface area (Å²) in [6, 6.07) is 0. The predicted molar refractivity (Wildman–Crippen MR) is 50.2 cm³/mol. The zero-order valence-corrected chi connectivity index (χ0v) is 8.97. The van der Waals surface area contributed by atoms with Gasteiger partial charge in [0.1, 0.15) is 0 Å². The van der Waals surface area contributed by atoms with Gasteiger partial charge in [0.25, 0.3) is 5.91 Å². The Balaban J connectivity index is 3.09. The van der Waals surface area contributed by atoms with Crippen molar-refractivity contribution in [3.05, 3.63) is 0 Å². The minimum Gasteiger partial charge on any atom is -0.338 e. The lowest BCUT2D eigenvalue weighted by molar-refractivity contribution is -0.143.